The highest BCUT2D eigenvalue weighted by atomic mass is 28.3. The third-order valence-corrected chi connectivity index (χ3v) is 5.50. The molecule has 0 amide bonds. The molecule has 0 bridgehead atoms. The molecule has 0 heterocycles. The van der Waals surface area contributed by atoms with E-state index in [1.165, 1.54) is 33.4 Å². The quantitative estimate of drug-likeness (QED) is 0.443. The number of benzene rings is 1. The molecule has 0 aromatic heterocycles. The van der Waals surface area contributed by atoms with Gasteiger partial charge in [-0.3, -0.25) is 0 Å². The van der Waals surface area contributed by atoms with Crippen LogP contribution in [-0.4, -0.2) is 16.1 Å². The van der Waals surface area contributed by atoms with Crippen LogP contribution in [0.2, 0.25) is 39.3 Å². The summed E-state index contributed by atoms with van der Waals surface area (Å²) in [6, 6.07) is 0. The first-order chi connectivity index (χ1) is 9.83. The summed E-state index contributed by atoms with van der Waals surface area (Å²) in [4.78, 5) is 0. The molecule has 0 radical (unpaired) electrons. The van der Waals surface area contributed by atoms with Crippen molar-refractivity contribution in [3.63, 3.8) is 0 Å². The van der Waals surface area contributed by atoms with E-state index in [2.05, 4.69) is 89.9 Å². The second-order valence-corrected chi connectivity index (χ2v) is 17.8. The van der Waals surface area contributed by atoms with Crippen LogP contribution < -0.4 is 0 Å². The largest absolute Gasteiger partial charge is 0.129 e. The Kier molecular flexibility index (Phi) is 5.55. The van der Waals surface area contributed by atoms with Crippen molar-refractivity contribution in [3.05, 3.63) is 33.4 Å². The van der Waals surface area contributed by atoms with E-state index < -0.39 is 16.1 Å². The Hall–Kier alpha value is -1.23. The molecule has 0 aliphatic rings. The summed E-state index contributed by atoms with van der Waals surface area (Å²) < 4.78 is 0. The van der Waals surface area contributed by atoms with Crippen molar-refractivity contribution >= 4 is 16.1 Å². The second kappa shape index (κ2) is 6.49. The van der Waals surface area contributed by atoms with Crippen LogP contribution in [0.5, 0.6) is 0 Å². The van der Waals surface area contributed by atoms with E-state index in [0.717, 1.165) is 0 Å². The summed E-state index contributed by atoms with van der Waals surface area (Å²) in [6.07, 6.45) is 0. The third-order valence-electron chi connectivity index (χ3n) is 3.75. The topological polar surface area (TPSA) is 0 Å². The van der Waals surface area contributed by atoms with E-state index in [1.54, 1.807) is 0 Å². The van der Waals surface area contributed by atoms with Gasteiger partial charge in [0.2, 0.25) is 0 Å². The zero-order valence-corrected chi connectivity index (χ0v) is 18.0. The Balaban J connectivity index is 3.57. The maximum atomic E-state index is 3.51. The summed E-state index contributed by atoms with van der Waals surface area (Å²) in [5.74, 6) is 6.95. The van der Waals surface area contributed by atoms with Crippen LogP contribution in [0.4, 0.5) is 0 Å². The molecule has 0 aliphatic carbocycles. The van der Waals surface area contributed by atoms with E-state index in [9.17, 15) is 0 Å². The van der Waals surface area contributed by atoms with Crippen molar-refractivity contribution in [1.29, 1.82) is 0 Å². The zero-order chi connectivity index (χ0) is 17.3. The van der Waals surface area contributed by atoms with Crippen LogP contribution in [0.15, 0.2) is 0 Å². The lowest BCUT2D eigenvalue weighted by Crippen LogP contribution is -2.17. The first kappa shape index (κ1) is 18.8. The van der Waals surface area contributed by atoms with Gasteiger partial charge in [-0.25, -0.2) is 0 Å². The van der Waals surface area contributed by atoms with Crippen molar-refractivity contribution in [2.75, 3.05) is 0 Å². The normalized spacial score (nSPS) is 11.4. The predicted molar refractivity (Wildman–Crippen MR) is 106 cm³/mol. The van der Waals surface area contributed by atoms with Gasteiger partial charge >= 0.3 is 0 Å². The van der Waals surface area contributed by atoms with Crippen LogP contribution in [0.25, 0.3) is 0 Å². The molecule has 0 fully saturated rings. The Morgan fingerprint density at radius 3 is 0.909 bits per heavy atom. The van der Waals surface area contributed by atoms with E-state index in [0.29, 0.717) is 0 Å². The fraction of sp³-hybridized carbons (Fsp3) is 0.500. The lowest BCUT2D eigenvalue weighted by atomic mass is 9.89. The molecule has 1 aromatic carbocycles. The predicted octanol–water partition coefficient (Wildman–Crippen LogP) is 5.38. The molecule has 0 unspecified atom stereocenters. The number of hydrogen-bond acceptors (Lipinski definition) is 0. The van der Waals surface area contributed by atoms with Crippen molar-refractivity contribution in [2.24, 2.45) is 0 Å². The second-order valence-electron chi connectivity index (χ2n) is 8.25. The van der Waals surface area contributed by atoms with E-state index >= 15 is 0 Å². The average molecular weight is 327 g/mol. The monoisotopic (exact) mass is 326 g/mol. The van der Waals surface area contributed by atoms with Gasteiger partial charge in [-0.15, -0.1) is 11.1 Å². The fourth-order valence-electron chi connectivity index (χ4n) is 2.19. The molecule has 22 heavy (non-hydrogen) atoms. The van der Waals surface area contributed by atoms with Gasteiger partial charge < -0.3 is 0 Å². The fourth-order valence-corrected chi connectivity index (χ4v) is 3.19. The highest BCUT2D eigenvalue weighted by Gasteiger charge is 2.14. The molecule has 118 valence electrons. The molecule has 1 rings (SSSR count). The highest BCUT2D eigenvalue weighted by molar-refractivity contribution is 6.84. The summed E-state index contributed by atoms with van der Waals surface area (Å²) in [6.45, 7) is 22.5. The molecule has 0 N–H and O–H groups in total. The molecule has 2 heteroatoms. The van der Waals surface area contributed by atoms with Crippen molar-refractivity contribution in [2.45, 2.75) is 67.0 Å². The lowest BCUT2D eigenvalue weighted by Gasteiger charge is -2.15. The zero-order valence-electron chi connectivity index (χ0n) is 16.0. The van der Waals surface area contributed by atoms with Crippen LogP contribution in [0.3, 0.4) is 0 Å². The van der Waals surface area contributed by atoms with Gasteiger partial charge in [0.15, 0.2) is 0 Å². The first-order valence-corrected chi connectivity index (χ1v) is 15.0. The van der Waals surface area contributed by atoms with Gasteiger partial charge in [0.1, 0.15) is 16.1 Å². The minimum atomic E-state index is -1.36. The molecular weight excluding hydrogens is 296 g/mol. The molecule has 0 saturated carbocycles. The van der Waals surface area contributed by atoms with E-state index in [1.807, 2.05) is 0 Å². The van der Waals surface area contributed by atoms with Gasteiger partial charge in [-0.05, 0) is 49.9 Å². The molecule has 0 atom stereocenters. The van der Waals surface area contributed by atoms with Crippen molar-refractivity contribution in [1.82, 2.24) is 0 Å². The standard InChI is InChI=1S/C20H30Si2/c1-15-16(2)20(12-14-22(8,9)10)18(4)17(3)19(15)11-13-21(5,6)7/h1-10H3. The van der Waals surface area contributed by atoms with Crippen LogP contribution in [0, 0.1) is 50.6 Å². The molecule has 0 spiro atoms. The molecule has 1 aromatic rings. The van der Waals surface area contributed by atoms with Gasteiger partial charge in [-0.2, -0.15) is 0 Å². The molecular formula is C20H30Si2. The van der Waals surface area contributed by atoms with Gasteiger partial charge in [0, 0.05) is 11.1 Å². The summed E-state index contributed by atoms with van der Waals surface area (Å²) >= 11 is 0. The minimum Gasteiger partial charge on any atom is -0.127 e. The summed E-state index contributed by atoms with van der Waals surface area (Å²) in [7, 11) is -2.72. The average Bonchev–Trinajstić information content (AvgIpc) is 2.33. The number of hydrogen-bond donors (Lipinski definition) is 0. The highest BCUT2D eigenvalue weighted by Crippen LogP contribution is 2.26. The van der Waals surface area contributed by atoms with Gasteiger partial charge in [0.25, 0.3) is 0 Å². The summed E-state index contributed by atoms with van der Waals surface area (Å²) in [5, 5.41) is 0. The van der Waals surface area contributed by atoms with Gasteiger partial charge in [0.05, 0.1) is 0 Å². The third kappa shape index (κ3) is 4.90. The Morgan fingerprint density at radius 2 is 0.727 bits per heavy atom. The Bertz CT molecular complexity index is 611. The van der Waals surface area contributed by atoms with Crippen molar-refractivity contribution < 1.29 is 0 Å². The maximum Gasteiger partial charge on any atom is 0.129 e. The summed E-state index contributed by atoms with van der Waals surface area (Å²) in [5.41, 5.74) is 14.7. The van der Waals surface area contributed by atoms with Crippen LogP contribution >= 0.6 is 0 Å². The minimum absolute atomic E-state index is 1.22. The Morgan fingerprint density at radius 1 is 0.500 bits per heavy atom. The van der Waals surface area contributed by atoms with Gasteiger partial charge in [-0.1, -0.05) is 51.1 Å². The van der Waals surface area contributed by atoms with Crippen LogP contribution in [-0.2, 0) is 0 Å². The molecule has 0 nitrogen and oxygen atoms in total. The van der Waals surface area contributed by atoms with E-state index in [4.69, 9.17) is 0 Å². The van der Waals surface area contributed by atoms with E-state index in [-0.39, 0.29) is 0 Å². The smallest absolute Gasteiger partial charge is 0.127 e. The number of rotatable bonds is 0. The lowest BCUT2D eigenvalue weighted by molar-refractivity contribution is 1.20. The first-order valence-electron chi connectivity index (χ1n) is 8.00. The van der Waals surface area contributed by atoms with Crippen LogP contribution in [0.1, 0.15) is 33.4 Å². The van der Waals surface area contributed by atoms with Crippen molar-refractivity contribution in [3.8, 4) is 22.9 Å². The SMILES string of the molecule is Cc1c(C)c(C#C[Si](C)(C)C)c(C)c(C)c1C#C[Si](C)(C)C. The Labute approximate surface area is 139 Å². The maximum absolute atomic E-state index is 3.51. The molecule has 0 aliphatic heterocycles. The molecule has 0 saturated heterocycles.